The van der Waals surface area contributed by atoms with Gasteiger partial charge in [-0.2, -0.15) is 4.99 Å². The van der Waals surface area contributed by atoms with Crippen LogP contribution in [0.2, 0.25) is 4.34 Å². The van der Waals surface area contributed by atoms with E-state index in [9.17, 15) is 4.79 Å². The van der Waals surface area contributed by atoms with E-state index in [1.54, 1.807) is 0 Å². The van der Waals surface area contributed by atoms with Crippen molar-refractivity contribution < 1.29 is 4.79 Å². The molecule has 0 radical (unpaired) electrons. The van der Waals surface area contributed by atoms with Gasteiger partial charge in [0, 0.05) is 18.0 Å². The molecule has 1 fully saturated rings. The van der Waals surface area contributed by atoms with E-state index in [2.05, 4.69) is 9.89 Å². The summed E-state index contributed by atoms with van der Waals surface area (Å²) in [6.45, 7) is 2.02. The molecule has 3 nitrogen and oxygen atoms in total. The number of hydrogen-bond donors (Lipinski definition) is 0. The quantitative estimate of drug-likeness (QED) is 0.738. The number of carbonyl (C=O) groups excluding carboxylic acids is 1. The molecule has 0 atom stereocenters. The predicted molar refractivity (Wildman–Crippen MR) is 82.8 cm³/mol. The second-order valence-corrected chi connectivity index (χ2v) is 7.26. The van der Waals surface area contributed by atoms with Crippen LogP contribution in [0, 0.1) is 0 Å². The number of hydrogen-bond acceptors (Lipinski definition) is 4. The first-order valence-corrected chi connectivity index (χ1v) is 8.26. The minimum absolute atomic E-state index is 0.130. The highest BCUT2D eigenvalue weighted by atomic mass is 35.5. The SMILES string of the molecule is O=C1N=C(N2CCCCC2)S/C1=C\c1ccc(Cl)s1. The molecule has 1 saturated heterocycles. The van der Waals surface area contributed by atoms with Crippen LogP contribution in [-0.2, 0) is 4.79 Å². The third kappa shape index (κ3) is 3.04. The third-order valence-corrected chi connectivity index (χ3v) is 5.33. The summed E-state index contributed by atoms with van der Waals surface area (Å²) in [7, 11) is 0. The fourth-order valence-corrected chi connectivity index (χ4v) is 4.19. The molecule has 0 saturated carbocycles. The number of thiophene rings is 1. The Morgan fingerprint density at radius 3 is 2.74 bits per heavy atom. The molecule has 1 aromatic rings. The minimum Gasteiger partial charge on any atom is -0.351 e. The van der Waals surface area contributed by atoms with E-state index in [0.29, 0.717) is 4.91 Å². The van der Waals surface area contributed by atoms with Gasteiger partial charge in [0.1, 0.15) is 0 Å². The van der Waals surface area contributed by atoms with Crippen LogP contribution in [0.4, 0.5) is 0 Å². The van der Waals surface area contributed by atoms with Crippen molar-refractivity contribution in [3.8, 4) is 0 Å². The lowest BCUT2D eigenvalue weighted by Gasteiger charge is -2.27. The molecule has 0 unspecified atom stereocenters. The van der Waals surface area contributed by atoms with Crippen molar-refractivity contribution in [2.75, 3.05) is 13.1 Å². The molecule has 19 heavy (non-hydrogen) atoms. The van der Waals surface area contributed by atoms with E-state index in [1.165, 1.54) is 42.4 Å². The lowest BCUT2D eigenvalue weighted by atomic mass is 10.1. The number of piperidine rings is 1. The minimum atomic E-state index is -0.130. The van der Waals surface area contributed by atoms with Gasteiger partial charge in [0.25, 0.3) is 5.91 Å². The molecule has 0 aromatic carbocycles. The first-order chi connectivity index (χ1) is 9.22. The molecule has 3 rings (SSSR count). The number of aliphatic imine (C=N–C) groups is 1. The van der Waals surface area contributed by atoms with Crippen molar-refractivity contribution in [3.05, 3.63) is 26.3 Å². The molecule has 0 bridgehead atoms. The lowest BCUT2D eigenvalue weighted by Crippen LogP contribution is -2.33. The fraction of sp³-hybridized carbons (Fsp3) is 0.385. The summed E-state index contributed by atoms with van der Waals surface area (Å²) in [6, 6.07) is 3.77. The Labute approximate surface area is 125 Å². The van der Waals surface area contributed by atoms with Crippen molar-refractivity contribution in [2.24, 2.45) is 4.99 Å². The molecule has 3 heterocycles. The van der Waals surface area contributed by atoms with E-state index in [0.717, 1.165) is 27.5 Å². The molecular weight excluding hydrogens is 300 g/mol. The number of thioether (sulfide) groups is 1. The molecule has 0 aliphatic carbocycles. The zero-order valence-corrected chi connectivity index (χ0v) is 12.7. The molecule has 0 spiro atoms. The Morgan fingerprint density at radius 2 is 2.05 bits per heavy atom. The Balaban J connectivity index is 1.74. The van der Waals surface area contributed by atoms with Crippen LogP contribution in [0.5, 0.6) is 0 Å². The maximum atomic E-state index is 11.9. The van der Waals surface area contributed by atoms with Gasteiger partial charge >= 0.3 is 0 Å². The van der Waals surface area contributed by atoms with E-state index in [1.807, 2.05) is 18.2 Å². The van der Waals surface area contributed by atoms with Crippen molar-refractivity contribution in [3.63, 3.8) is 0 Å². The molecule has 0 N–H and O–H groups in total. The standard InChI is InChI=1S/C13H13ClN2OS2/c14-11-5-4-9(18-11)8-10-12(17)15-13(19-10)16-6-2-1-3-7-16/h4-5,8H,1-3,6-7H2/b10-8-. The van der Waals surface area contributed by atoms with Crippen LogP contribution in [0.15, 0.2) is 22.0 Å². The van der Waals surface area contributed by atoms with Gasteiger partial charge in [-0.15, -0.1) is 11.3 Å². The van der Waals surface area contributed by atoms with Crippen LogP contribution >= 0.6 is 34.7 Å². The average Bonchev–Trinajstić information content (AvgIpc) is 2.98. The summed E-state index contributed by atoms with van der Waals surface area (Å²) in [5.41, 5.74) is 0. The highest BCUT2D eigenvalue weighted by Gasteiger charge is 2.26. The van der Waals surface area contributed by atoms with Crippen LogP contribution in [0.1, 0.15) is 24.1 Å². The van der Waals surface area contributed by atoms with Gasteiger partial charge in [-0.1, -0.05) is 11.6 Å². The van der Waals surface area contributed by atoms with E-state index in [-0.39, 0.29) is 5.91 Å². The van der Waals surface area contributed by atoms with Crippen molar-refractivity contribution in [1.82, 2.24) is 4.90 Å². The third-order valence-electron chi connectivity index (χ3n) is 3.10. The monoisotopic (exact) mass is 312 g/mol. The largest absolute Gasteiger partial charge is 0.351 e. The summed E-state index contributed by atoms with van der Waals surface area (Å²) in [6.07, 6.45) is 5.53. The average molecular weight is 313 g/mol. The van der Waals surface area contributed by atoms with Crippen LogP contribution in [0.3, 0.4) is 0 Å². The van der Waals surface area contributed by atoms with Gasteiger partial charge < -0.3 is 4.90 Å². The molecular formula is C13H13ClN2OS2. The van der Waals surface area contributed by atoms with Gasteiger partial charge in [0.15, 0.2) is 5.17 Å². The van der Waals surface area contributed by atoms with Crippen molar-refractivity contribution >= 4 is 51.9 Å². The number of amidine groups is 1. The highest BCUT2D eigenvalue weighted by molar-refractivity contribution is 8.18. The number of amides is 1. The molecule has 1 amide bonds. The molecule has 2 aliphatic heterocycles. The molecule has 1 aromatic heterocycles. The van der Waals surface area contributed by atoms with E-state index in [4.69, 9.17) is 11.6 Å². The zero-order valence-electron chi connectivity index (χ0n) is 10.3. The second kappa shape index (κ2) is 5.69. The summed E-state index contributed by atoms with van der Waals surface area (Å²) in [5, 5.41) is 0.860. The van der Waals surface area contributed by atoms with E-state index < -0.39 is 0 Å². The van der Waals surface area contributed by atoms with Gasteiger partial charge in [0.05, 0.1) is 9.24 Å². The first kappa shape index (κ1) is 13.2. The molecule has 100 valence electrons. The molecule has 6 heteroatoms. The van der Waals surface area contributed by atoms with Crippen molar-refractivity contribution in [2.45, 2.75) is 19.3 Å². The van der Waals surface area contributed by atoms with Crippen LogP contribution in [0.25, 0.3) is 6.08 Å². The topological polar surface area (TPSA) is 32.7 Å². The van der Waals surface area contributed by atoms with Crippen LogP contribution < -0.4 is 0 Å². The zero-order chi connectivity index (χ0) is 13.2. The van der Waals surface area contributed by atoms with Gasteiger partial charge in [0.2, 0.25) is 0 Å². The highest BCUT2D eigenvalue weighted by Crippen LogP contribution is 2.33. The first-order valence-electron chi connectivity index (χ1n) is 6.25. The van der Waals surface area contributed by atoms with Crippen molar-refractivity contribution in [1.29, 1.82) is 0 Å². The second-order valence-electron chi connectivity index (χ2n) is 4.50. The van der Waals surface area contributed by atoms with Gasteiger partial charge in [-0.25, -0.2) is 0 Å². The van der Waals surface area contributed by atoms with Gasteiger partial charge in [-0.3, -0.25) is 4.79 Å². The Morgan fingerprint density at radius 1 is 1.26 bits per heavy atom. The molecule has 2 aliphatic rings. The van der Waals surface area contributed by atoms with Crippen LogP contribution in [-0.4, -0.2) is 29.1 Å². The Hall–Kier alpha value is -0.780. The normalized spacial score (nSPS) is 22.2. The maximum Gasteiger partial charge on any atom is 0.286 e. The number of nitrogens with zero attached hydrogens (tertiary/aromatic N) is 2. The number of rotatable bonds is 1. The summed E-state index contributed by atoms with van der Waals surface area (Å²) in [4.78, 5) is 20.0. The Kier molecular flexibility index (Phi) is 3.96. The lowest BCUT2D eigenvalue weighted by molar-refractivity contribution is -0.113. The summed E-state index contributed by atoms with van der Waals surface area (Å²) < 4.78 is 0.736. The summed E-state index contributed by atoms with van der Waals surface area (Å²) >= 11 is 8.85. The summed E-state index contributed by atoms with van der Waals surface area (Å²) in [5.74, 6) is -0.130. The smallest absolute Gasteiger partial charge is 0.286 e. The number of likely N-dealkylation sites (tertiary alicyclic amines) is 1. The van der Waals surface area contributed by atoms with Gasteiger partial charge in [-0.05, 0) is 49.2 Å². The Bertz CT molecular complexity index is 559. The fourth-order valence-electron chi connectivity index (χ4n) is 2.15. The number of halogens is 1. The predicted octanol–water partition coefficient (Wildman–Crippen LogP) is 3.86. The number of carbonyl (C=O) groups is 1. The maximum absolute atomic E-state index is 11.9. The van der Waals surface area contributed by atoms with E-state index >= 15 is 0 Å².